The van der Waals surface area contributed by atoms with Gasteiger partial charge in [-0.1, -0.05) is 41.9 Å². The van der Waals surface area contributed by atoms with Gasteiger partial charge in [0.2, 0.25) is 0 Å². The van der Waals surface area contributed by atoms with E-state index < -0.39 is 0 Å². The van der Waals surface area contributed by atoms with Gasteiger partial charge < -0.3 is 0 Å². The Morgan fingerprint density at radius 1 is 0.917 bits per heavy atom. The molecule has 118 valence electrons. The molecule has 0 N–H and O–H groups in total. The van der Waals surface area contributed by atoms with Crippen LogP contribution in [0, 0.1) is 12.7 Å². The molecule has 0 aliphatic rings. The lowest BCUT2D eigenvalue weighted by Gasteiger charge is -2.09. The zero-order valence-electron chi connectivity index (χ0n) is 12.7. The molecule has 0 bridgehead atoms. The van der Waals surface area contributed by atoms with E-state index in [4.69, 9.17) is 11.6 Å². The van der Waals surface area contributed by atoms with Crippen molar-refractivity contribution in [2.45, 2.75) is 6.92 Å². The molecule has 2 heterocycles. The van der Waals surface area contributed by atoms with Gasteiger partial charge in [0.15, 0.2) is 10.8 Å². The number of aromatic nitrogens is 4. The highest BCUT2D eigenvalue weighted by Gasteiger charge is 2.18. The molecule has 0 fully saturated rings. The minimum atomic E-state index is -0.298. The maximum absolute atomic E-state index is 13.3. The lowest BCUT2D eigenvalue weighted by atomic mass is 10.2. The second-order valence-corrected chi connectivity index (χ2v) is 5.71. The van der Waals surface area contributed by atoms with Crippen LogP contribution < -0.4 is 0 Å². The number of halogens is 2. The van der Waals surface area contributed by atoms with Gasteiger partial charge in [-0.2, -0.15) is 0 Å². The normalized spacial score (nSPS) is 11.1. The topological polar surface area (TPSA) is 43.6 Å². The number of benzene rings is 2. The number of imidazole rings is 1. The number of rotatable bonds is 2. The van der Waals surface area contributed by atoms with Gasteiger partial charge in [0.1, 0.15) is 23.0 Å². The van der Waals surface area contributed by atoms with E-state index in [-0.39, 0.29) is 5.82 Å². The molecule has 0 atom stereocenters. The third-order valence-corrected chi connectivity index (χ3v) is 3.96. The molecule has 0 spiro atoms. The Morgan fingerprint density at radius 3 is 2.33 bits per heavy atom. The average Bonchev–Trinajstić information content (AvgIpc) is 2.96. The number of nitrogens with zero attached hydrogens (tertiary/aromatic N) is 4. The Balaban J connectivity index is 2.09. The highest BCUT2D eigenvalue weighted by atomic mass is 35.5. The van der Waals surface area contributed by atoms with E-state index in [1.807, 2.05) is 34.9 Å². The van der Waals surface area contributed by atoms with Gasteiger partial charge >= 0.3 is 0 Å². The summed E-state index contributed by atoms with van der Waals surface area (Å²) in [5.41, 5.74) is 2.78. The molecular formula is C18H12ClFN4. The fourth-order valence-corrected chi connectivity index (χ4v) is 2.89. The van der Waals surface area contributed by atoms with Crippen LogP contribution in [0.4, 0.5) is 4.39 Å². The van der Waals surface area contributed by atoms with Crippen molar-refractivity contribution in [3.05, 3.63) is 71.4 Å². The van der Waals surface area contributed by atoms with Crippen molar-refractivity contribution >= 4 is 22.8 Å². The molecule has 0 saturated carbocycles. The fourth-order valence-electron chi connectivity index (χ4n) is 2.64. The fraction of sp³-hybridized carbons (Fsp3) is 0.0556. The number of hydrogen-bond acceptors (Lipinski definition) is 3. The standard InChI is InChI=1S/C18H12ClFN4/c1-11-21-16(19)15-18(22-11)24(14-9-7-13(20)8-10-14)17(23-15)12-5-3-2-4-6-12/h2-10H,1H3. The summed E-state index contributed by atoms with van der Waals surface area (Å²) < 4.78 is 15.2. The van der Waals surface area contributed by atoms with E-state index in [1.54, 1.807) is 19.1 Å². The van der Waals surface area contributed by atoms with Crippen LogP contribution in [0.25, 0.3) is 28.2 Å². The Morgan fingerprint density at radius 2 is 1.62 bits per heavy atom. The Labute approximate surface area is 142 Å². The molecule has 0 radical (unpaired) electrons. The molecule has 2 aromatic heterocycles. The maximum Gasteiger partial charge on any atom is 0.170 e. The van der Waals surface area contributed by atoms with Crippen molar-refractivity contribution in [3.63, 3.8) is 0 Å². The molecule has 6 heteroatoms. The molecule has 0 unspecified atom stereocenters. The molecule has 0 saturated heterocycles. The SMILES string of the molecule is Cc1nc(Cl)c2nc(-c3ccccc3)n(-c3ccc(F)cc3)c2n1. The van der Waals surface area contributed by atoms with E-state index >= 15 is 0 Å². The van der Waals surface area contributed by atoms with Crippen LogP contribution in [-0.2, 0) is 0 Å². The van der Waals surface area contributed by atoms with E-state index in [0.29, 0.717) is 28.0 Å². The van der Waals surface area contributed by atoms with Crippen LogP contribution in [0.2, 0.25) is 5.15 Å². The van der Waals surface area contributed by atoms with Crippen molar-refractivity contribution < 1.29 is 4.39 Å². The van der Waals surface area contributed by atoms with Crippen LogP contribution in [0.1, 0.15) is 5.82 Å². The van der Waals surface area contributed by atoms with Crippen molar-refractivity contribution in [2.75, 3.05) is 0 Å². The summed E-state index contributed by atoms with van der Waals surface area (Å²) in [6.45, 7) is 1.77. The summed E-state index contributed by atoms with van der Waals surface area (Å²) in [4.78, 5) is 13.3. The Bertz CT molecular complexity index is 1030. The summed E-state index contributed by atoms with van der Waals surface area (Å²) in [6.07, 6.45) is 0. The van der Waals surface area contributed by atoms with Gasteiger partial charge in [-0.15, -0.1) is 0 Å². The van der Waals surface area contributed by atoms with Crippen molar-refractivity contribution in [1.82, 2.24) is 19.5 Å². The molecule has 0 aliphatic carbocycles. The minimum absolute atomic E-state index is 0.298. The Hall–Kier alpha value is -2.79. The molecule has 4 aromatic rings. The Kier molecular flexibility index (Phi) is 3.50. The van der Waals surface area contributed by atoms with Crippen molar-refractivity contribution in [3.8, 4) is 17.1 Å². The van der Waals surface area contributed by atoms with Gasteiger partial charge in [0.05, 0.1) is 0 Å². The lowest BCUT2D eigenvalue weighted by molar-refractivity contribution is 0.627. The first-order valence-electron chi connectivity index (χ1n) is 7.37. The quantitative estimate of drug-likeness (QED) is 0.502. The minimum Gasteiger partial charge on any atom is -0.277 e. The van der Waals surface area contributed by atoms with E-state index in [9.17, 15) is 4.39 Å². The second kappa shape index (κ2) is 5.69. The predicted molar refractivity (Wildman–Crippen MR) is 91.8 cm³/mol. The van der Waals surface area contributed by atoms with Crippen LogP contribution in [0.3, 0.4) is 0 Å². The van der Waals surface area contributed by atoms with Crippen LogP contribution in [-0.4, -0.2) is 19.5 Å². The van der Waals surface area contributed by atoms with E-state index in [0.717, 1.165) is 11.3 Å². The first-order chi connectivity index (χ1) is 11.6. The summed E-state index contributed by atoms with van der Waals surface area (Å²) in [5.74, 6) is 0.933. The van der Waals surface area contributed by atoms with Crippen LogP contribution >= 0.6 is 11.6 Å². The van der Waals surface area contributed by atoms with E-state index in [2.05, 4.69) is 15.0 Å². The summed E-state index contributed by atoms with van der Waals surface area (Å²) in [5, 5.41) is 0.301. The second-order valence-electron chi connectivity index (χ2n) is 5.35. The summed E-state index contributed by atoms with van der Waals surface area (Å²) >= 11 is 6.26. The first kappa shape index (κ1) is 14.8. The molecular weight excluding hydrogens is 327 g/mol. The average molecular weight is 339 g/mol. The summed E-state index contributed by atoms with van der Waals surface area (Å²) in [6, 6.07) is 15.9. The molecule has 0 aliphatic heterocycles. The molecule has 0 amide bonds. The van der Waals surface area contributed by atoms with Gasteiger partial charge in [0, 0.05) is 11.3 Å². The predicted octanol–water partition coefficient (Wildman–Crippen LogP) is 4.58. The zero-order chi connectivity index (χ0) is 16.7. The molecule has 24 heavy (non-hydrogen) atoms. The van der Waals surface area contributed by atoms with Crippen molar-refractivity contribution in [1.29, 1.82) is 0 Å². The van der Waals surface area contributed by atoms with E-state index in [1.165, 1.54) is 12.1 Å². The first-order valence-corrected chi connectivity index (χ1v) is 7.75. The van der Waals surface area contributed by atoms with Gasteiger partial charge in [-0.25, -0.2) is 19.3 Å². The van der Waals surface area contributed by atoms with Gasteiger partial charge in [-0.3, -0.25) is 4.57 Å². The number of aryl methyl sites for hydroxylation is 1. The van der Waals surface area contributed by atoms with Crippen LogP contribution in [0.15, 0.2) is 54.6 Å². The maximum atomic E-state index is 13.3. The number of hydrogen-bond donors (Lipinski definition) is 0. The van der Waals surface area contributed by atoms with Gasteiger partial charge in [-0.05, 0) is 31.2 Å². The zero-order valence-corrected chi connectivity index (χ0v) is 13.5. The molecule has 4 rings (SSSR count). The largest absolute Gasteiger partial charge is 0.277 e. The summed E-state index contributed by atoms with van der Waals surface area (Å²) in [7, 11) is 0. The molecule has 4 nitrogen and oxygen atoms in total. The van der Waals surface area contributed by atoms with Crippen LogP contribution in [0.5, 0.6) is 0 Å². The highest BCUT2D eigenvalue weighted by molar-refractivity contribution is 6.33. The lowest BCUT2D eigenvalue weighted by Crippen LogP contribution is -2.00. The highest BCUT2D eigenvalue weighted by Crippen LogP contribution is 2.30. The number of fused-ring (bicyclic) bond motifs is 1. The third kappa shape index (κ3) is 2.43. The monoisotopic (exact) mass is 338 g/mol. The van der Waals surface area contributed by atoms with Gasteiger partial charge in [0.25, 0.3) is 0 Å². The molecule has 2 aromatic carbocycles. The van der Waals surface area contributed by atoms with Crippen molar-refractivity contribution in [2.24, 2.45) is 0 Å². The smallest absolute Gasteiger partial charge is 0.170 e. The third-order valence-electron chi connectivity index (χ3n) is 3.69.